The van der Waals surface area contributed by atoms with Crippen molar-refractivity contribution in [3.8, 4) is 6.07 Å². The Hall–Kier alpha value is -1.58. The average Bonchev–Trinajstić information content (AvgIpc) is 2.82. The number of hydrogen-bond donors (Lipinski definition) is 1. The molecule has 2 aromatic heterocycles. The summed E-state index contributed by atoms with van der Waals surface area (Å²) < 4.78 is 1.96. The summed E-state index contributed by atoms with van der Waals surface area (Å²) in [6.07, 6.45) is 2.71. The number of nitrogens with one attached hydrogen (secondary N) is 1. The third-order valence-corrected chi connectivity index (χ3v) is 3.91. The first-order chi connectivity index (χ1) is 9.54. The van der Waals surface area contributed by atoms with Crippen molar-refractivity contribution in [2.75, 3.05) is 5.75 Å². The van der Waals surface area contributed by atoms with E-state index in [0.717, 1.165) is 23.0 Å². The summed E-state index contributed by atoms with van der Waals surface area (Å²) in [5, 5.41) is 21.8. The molecule has 5 nitrogen and oxygen atoms in total. The van der Waals surface area contributed by atoms with E-state index in [9.17, 15) is 5.26 Å². The van der Waals surface area contributed by atoms with E-state index in [4.69, 9.17) is 0 Å². The standard InChI is InChI=1S/C14H19N5S/c1-11(2)16-14(3,10-15)7-9-20-13-18-17-12-6-4-5-8-19(12)13/h4-6,8,11,16H,7,9H2,1-3H3. The summed E-state index contributed by atoms with van der Waals surface area (Å²) in [7, 11) is 0. The Morgan fingerprint density at radius 2 is 2.25 bits per heavy atom. The number of aromatic nitrogens is 3. The Kier molecular flexibility index (Phi) is 4.63. The first-order valence-corrected chi connectivity index (χ1v) is 7.64. The van der Waals surface area contributed by atoms with Gasteiger partial charge >= 0.3 is 0 Å². The van der Waals surface area contributed by atoms with Crippen molar-refractivity contribution in [2.24, 2.45) is 0 Å². The Morgan fingerprint density at radius 3 is 2.95 bits per heavy atom. The topological polar surface area (TPSA) is 66.0 Å². The second-order valence-corrected chi connectivity index (χ2v) is 6.31. The first kappa shape index (κ1) is 14.8. The van der Waals surface area contributed by atoms with Gasteiger partial charge in [0.15, 0.2) is 10.8 Å². The van der Waals surface area contributed by atoms with Gasteiger partial charge < -0.3 is 0 Å². The first-order valence-electron chi connectivity index (χ1n) is 6.65. The van der Waals surface area contributed by atoms with E-state index in [-0.39, 0.29) is 0 Å². The molecule has 2 heterocycles. The minimum absolute atomic E-state index is 0.290. The minimum Gasteiger partial charge on any atom is -0.297 e. The highest BCUT2D eigenvalue weighted by atomic mass is 32.2. The van der Waals surface area contributed by atoms with Gasteiger partial charge in [0.2, 0.25) is 0 Å². The van der Waals surface area contributed by atoms with Crippen LogP contribution in [0.5, 0.6) is 0 Å². The molecule has 1 atom stereocenters. The van der Waals surface area contributed by atoms with Crippen LogP contribution in [0.15, 0.2) is 29.6 Å². The Morgan fingerprint density at radius 1 is 1.45 bits per heavy atom. The number of pyridine rings is 1. The summed E-state index contributed by atoms with van der Waals surface area (Å²) >= 11 is 1.62. The summed E-state index contributed by atoms with van der Waals surface area (Å²) in [4.78, 5) is 0. The molecule has 0 bridgehead atoms. The molecule has 0 saturated carbocycles. The smallest absolute Gasteiger partial charge is 0.195 e. The van der Waals surface area contributed by atoms with Gasteiger partial charge in [-0.1, -0.05) is 17.8 Å². The van der Waals surface area contributed by atoms with Gasteiger partial charge in [0.05, 0.1) is 6.07 Å². The molecule has 2 aromatic rings. The molecule has 0 aliphatic carbocycles. The zero-order valence-corrected chi connectivity index (χ0v) is 12.8. The van der Waals surface area contributed by atoms with E-state index >= 15 is 0 Å². The largest absolute Gasteiger partial charge is 0.297 e. The SMILES string of the molecule is CC(C)NC(C)(C#N)CCSc1nnc2ccccn12. The van der Waals surface area contributed by atoms with Crippen LogP contribution >= 0.6 is 11.8 Å². The lowest BCUT2D eigenvalue weighted by molar-refractivity contribution is 0.397. The van der Waals surface area contributed by atoms with Gasteiger partial charge in [-0.3, -0.25) is 9.72 Å². The van der Waals surface area contributed by atoms with Crippen molar-refractivity contribution < 1.29 is 0 Å². The van der Waals surface area contributed by atoms with Gasteiger partial charge in [-0.15, -0.1) is 10.2 Å². The van der Waals surface area contributed by atoms with E-state index in [1.54, 1.807) is 11.8 Å². The zero-order valence-electron chi connectivity index (χ0n) is 12.0. The van der Waals surface area contributed by atoms with E-state index in [1.807, 2.05) is 35.7 Å². The minimum atomic E-state index is -0.498. The molecule has 6 heteroatoms. The third kappa shape index (κ3) is 3.50. The predicted molar refractivity (Wildman–Crippen MR) is 80.6 cm³/mol. The summed E-state index contributed by atoms with van der Waals surface area (Å²) in [6.45, 7) is 6.04. The average molecular weight is 289 g/mol. The molecule has 0 aliphatic heterocycles. The lowest BCUT2D eigenvalue weighted by Crippen LogP contribution is -2.45. The number of rotatable bonds is 6. The highest BCUT2D eigenvalue weighted by Gasteiger charge is 2.24. The fraction of sp³-hybridized carbons (Fsp3) is 0.500. The van der Waals surface area contributed by atoms with E-state index < -0.39 is 5.54 Å². The Bertz CT molecular complexity index is 615. The van der Waals surface area contributed by atoms with Crippen LogP contribution in [-0.2, 0) is 0 Å². The van der Waals surface area contributed by atoms with Crippen LogP contribution in [0.4, 0.5) is 0 Å². The second kappa shape index (κ2) is 6.25. The maximum atomic E-state index is 9.31. The maximum absolute atomic E-state index is 9.31. The van der Waals surface area contributed by atoms with Crippen molar-refractivity contribution in [3.63, 3.8) is 0 Å². The molecule has 20 heavy (non-hydrogen) atoms. The predicted octanol–water partition coefficient (Wildman–Crippen LogP) is 2.49. The maximum Gasteiger partial charge on any atom is 0.195 e. The highest BCUT2D eigenvalue weighted by molar-refractivity contribution is 7.99. The van der Waals surface area contributed by atoms with Crippen molar-refractivity contribution in [3.05, 3.63) is 24.4 Å². The molecule has 0 radical (unpaired) electrons. The molecule has 0 amide bonds. The van der Waals surface area contributed by atoms with Gasteiger partial charge in [-0.05, 0) is 39.3 Å². The van der Waals surface area contributed by atoms with Crippen LogP contribution in [0.3, 0.4) is 0 Å². The van der Waals surface area contributed by atoms with Gasteiger partial charge in [0.1, 0.15) is 5.54 Å². The number of nitrogens with zero attached hydrogens (tertiary/aromatic N) is 4. The van der Waals surface area contributed by atoms with Gasteiger partial charge in [-0.2, -0.15) is 5.26 Å². The van der Waals surface area contributed by atoms with E-state index in [2.05, 4.69) is 35.4 Å². The number of thioether (sulfide) groups is 1. The number of hydrogen-bond acceptors (Lipinski definition) is 5. The molecule has 0 fully saturated rings. The van der Waals surface area contributed by atoms with Crippen LogP contribution in [0.2, 0.25) is 0 Å². The molecule has 1 unspecified atom stereocenters. The van der Waals surface area contributed by atoms with Crippen LogP contribution in [0.25, 0.3) is 5.65 Å². The van der Waals surface area contributed by atoms with Crippen LogP contribution in [0.1, 0.15) is 27.2 Å². The number of nitriles is 1. The summed E-state index contributed by atoms with van der Waals surface area (Å²) in [5.74, 6) is 0.819. The van der Waals surface area contributed by atoms with Crippen molar-refractivity contribution >= 4 is 17.4 Å². The van der Waals surface area contributed by atoms with Gasteiger partial charge in [-0.25, -0.2) is 0 Å². The molecule has 0 spiro atoms. The normalized spacial score (nSPS) is 14.3. The molecule has 0 aromatic carbocycles. The summed E-state index contributed by atoms with van der Waals surface area (Å²) in [6, 6.07) is 8.48. The van der Waals surface area contributed by atoms with Crippen LogP contribution < -0.4 is 5.32 Å². The molecule has 106 valence electrons. The Labute approximate surface area is 123 Å². The van der Waals surface area contributed by atoms with E-state index in [0.29, 0.717) is 6.04 Å². The lowest BCUT2D eigenvalue weighted by atomic mass is 10.0. The molecule has 0 aliphatic rings. The molecular formula is C14H19N5S. The molecule has 1 N–H and O–H groups in total. The van der Waals surface area contributed by atoms with Crippen molar-refractivity contribution in [1.29, 1.82) is 5.26 Å². The third-order valence-electron chi connectivity index (χ3n) is 2.97. The highest BCUT2D eigenvalue weighted by Crippen LogP contribution is 2.21. The second-order valence-electron chi connectivity index (χ2n) is 5.25. The lowest BCUT2D eigenvalue weighted by Gasteiger charge is -2.25. The zero-order chi connectivity index (χ0) is 14.6. The molecule has 2 rings (SSSR count). The summed E-state index contributed by atoms with van der Waals surface area (Å²) in [5.41, 5.74) is 0.347. The fourth-order valence-corrected chi connectivity index (χ4v) is 3.15. The quantitative estimate of drug-likeness (QED) is 0.828. The van der Waals surface area contributed by atoms with Gasteiger partial charge in [0.25, 0.3) is 0 Å². The van der Waals surface area contributed by atoms with Crippen LogP contribution in [0, 0.1) is 11.3 Å². The van der Waals surface area contributed by atoms with Gasteiger partial charge in [0, 0.05) is 18.0 Å². The van der Waals surface area contributed by atoms with E-state index in [1.165, 1.54) is 0 Å². The monoisotopic (exact) mass is 289 g/mol. The molecule has 0 saturated heterocycles. The van der Waals surface area contributed by atoms with Crippen LogP contribution in [-0.4, -0.2) is 31.9 Å². The Balaban J connectivity index is 1.97. The molecular weight excluding hydrogens is 270 g/mol. The van der Waals surface area contributed by atoms with Crippen molar-refractivity contribution in [1.82, 2.24) is 19.9 Å². The van der Waals surface area contributed by atoms with Crippen molar-refractivity contribution in [2.45, 2.75) is 43.9 Å². The number of fused-ring (bicyclic) bond motifs is 1. The fourth-order valence-electron chi connectivity index (χ4n) is 2.06.